The first-order valence-electron chi connectivity index (χ1n) is 9.15. The number of fused-ring (bicyclic) bond motifs is 1. The quantitative estimate of drug-likeness (QED) is 0.647. The zero-order valence-corrected chi connectivity index (χ0v) is 15.2. The molecule has 0 saturated carbocycles. The average molecular weight is 368 g/mol. The molecule has 0 atom stereocenters. The highest BCUT2D eigenvalue weighted by atomic mass is 19.1. The predicted octanol–water partition coefficient (Wildman–Crippen LogP) is 4.23. The summed E-state index contributed by atoms with van der Waals surface area (Å²) in [6, 6.07) is 8.40. The van der Waals surface area contributed by atoms with Crippen molar-refractivity contribution in [3.63, 3.8) is 0 Å². The van der Waals surface area contributed by atoms with Gasteiger partial charge >= 0.3 is 0 Å². The Morgan fingerprint density at radius 2 is 1.93 bits per heavy atom. The summed E-state index contributed by atoms with van der Waals surface area (Å²) >= 11 is 0. The number of aryl methyl sites for hydroxylation is 1. The lowest BCUT2D eigenvalue weighted by Crippen LogP contribution is -2.35. The predicted molar refractivity (Wildman–Crippen MR) is 106 cm³/mol. The Balaban J connectivity index is 1.92. The van der Waals surface area contributed by atoms with E-state index in [0.29, 0.717) is 22.2 Å². The van der Waals surface area contributed by atoms with Gasteiger partial charge in [-0.2, -0.15) is 0 Å². The minimum absolute atomic E-state index is 0.237. The fraction of sp³-hybridized carbons (Fsp3) is 0.286. The van der Waals surface area contributed by atoms with Gasteiger partial charge in [-0.1, -0.05) is 12.1 Å². The van der Waals surface area contributed by atoms with E-state index in [1.807, 2.05) is 0 Å². The standard InChI is InChI=1S/C21H22F2N4/c1-12-3-2-4-17(22)20(12)15-9-18(27-13-5-7-25-8-6-13)14-10-19(24)26-11-16(14)21(15)23/h2-4,9-11,13,25,27H,5-8H2,1H3,(H2,24,26). The number of benzene rings is 2. The summed E-state index contributed by atoms with van der Waals surface area (Å²) < 4.78 is 29.9. The van der Waals surface area contributed by atoms with E-state index in [0.717, 1.165) is 31.6 Å². The Morgan fingerprint density at radius 1 is 1.15 bits per heavy atom. The summed E-state index contributed by atoms with van der Waals surface area (Å²) in [6.07, 6.45) is 3.36. The van der Waals surface area contributed by atoms with Gasteiger partial charge in [0.1, 0.15) is 17.5 Å². The lowest BCUT2D eigenvalue weighted by Gasteiger charge is -2.26. The maximum Gasteiger partial charge on any atom is 0.140 e. The van der Waals surface area contributed by atoms with Gasteiger partial charge < -0.3 is 16.4 Å². The normalized spacial score (nSPS) is 15.2. The molecule has 1 fully saturated rings. The zero-order chi connectivity index (χ0) is 19.0. The fourth-order valence-corrected chi connectivity index (χ4v) is 3.76. The first-order chi connectivity index (χ1) is 13.0. The van der Waals surface area contributed by atoms with Crippen LogP contribution in [0.2, 0.25) is 0 Å². The Bertz CT molecular complexity index is 977. The highest BCUT2D eigenvalue weighted by molar-refractivity contribution is 5.99. The molecule has 1 aromatic heterocycles. The van der Waals surface area contributed by atoms with Gasteiger partial charge in [-0.3, -0.25) is 0 Å². The molecule has 6 heteroatoms. The van der Waals surface area contributed by atoms with Crippen LogP contribution in [0.4, 0.5) is 20.3 Å². The molecule has 4 nitrogen and oxygen atoms in total. The Labute approximate surface area is 156 Å². The summed E-state index contributed by atoms with van der Waals surface area (Å²) in [5.41, 5.74) is 7.80. The van der Waals surface area contributed by atoms with E-state index >= 15 is 4.39 Å². The van der Waals surface area contributed by atoms with Gasteiger partial charge in [0.05, 0.1) is 0 Å². The third-order valence-corrected chi connectivity index (χ3v) is 5.17. The number of nitrogens with zero attached hydrogens (tertiary/aromatic N) is 1. The Morgan fingerprint density at radius 3 is 2.67 bits per heavy atom. The lowest BCUT2D eigenvalue weighted by atomic mass is 9.95. The van der Waals surface area contributed by atoms with Crippen LogP contribution in [0.1, 0.15) is 18.4 Å². The highest BCUT2D eigenvalue weighted by Gasteiger charge is 2.20. The third kappa shape index (κ3) is 3.32. The molecule has 0 radical (unpaired) electrons. The first-order valence-corrected chi connectivity index (χ1v) is 9.15. The SMILES string of the molecule is Cc1cccc(F)c1-c1cc(NC2CCNCC2)c2cc(N)ncc2c1F. The van der Waals surface area contributed by atoms with Crippen molar-refractivity contribution in [1.82, 2.24) is 10.3 Å². The van der Waals surface area contributed by atoms with Crippen molar-refractivity contribution in [3.05, 3.63) is 53.7 Å². The van der Waals surface area contributed by atoms with Gasteiger partial charge in [0, 0.05) is 39.8 Å². The number of pyridine rings is 1. The Hall–Kier alpha value is -2.73. The molecule has 27 heavy (non-hydrogen) atoms. The molecule has 4 rings (SSSR count). The number of anilines is 2. The number of nitrogens with one attached hydrogen (secondary N) is 2. The van der Waals surface area contributed by atoms with Crippen molar-refractivity contribution in [2.24, 2.45) is 0 Å². The van der Waals surface area contributed by atoms with Gasteiger partial charge in [0.2, 0.25) is 0 Å². The molecule has 0 spiro atoms. The summed E-state index contributed by atoms with van der Waals surface area (Å²) in [5, 5.41) is 7.84. The van der Waals surface area contributed by atoms with Crippen molar-refractivity contribution < 1.29 is 8.78 Å². The molecule has 4 N–H and O–H groups in total. The van der Waals surface area contributed by atoms with E-state index in [1.165, 1.54) is 12.3 Å². The second-order valence-corrected chi connectivity index (χ2v) is 7.04. The van der Waals surface area contributed by atoms with Gasteiger partial charge in [0.25, 0.3) is 0 Å². The zero-order valence-electron chi connectivity index (χ0n) is 15.2. The topological polar surface area (TPSA) is 63.0 Å². The second-order valence-electron chi connectivity index (χ2n) is 7.04. The number of hydrogen-bond donors (Lipinski definition) is 3. The largest absolute Gasteiger partial charge is 0.384 e. The van der Waals surface area contributed by atoms with Crippen molar-refractivity contribution >= 4 is 22.3 Å². The van der Waals surface area contributed by atoms with Crippen LogP contribution in [-0.2, 0) is 0 Å². The second kappa shape index (κ2) is 7.12. The maximum absolute atomic E-state index is 15.3. The molecule has 140 valence electrons. The number of aromatic nitrogens is 1. The smallest absolute Gasteiger partial charge is 0.140 e. The molecule has 0 unspecified atom stereocenters. The molecule has 1 saturated heterocycles. The number of piperidine rings is 1. The highest BCUT2D eigenvalue weighted by Crippen LogP contribution is 2.37. The summed E-state index contributed by atoms with van der Waals surface area (Å²) in [4.78, 5) is 4.04. The van der Waals surface area contributed by atoms with Gasteiger partial charge in [-0.25, -0.2) is 13.8 Å². The van der Waals surface area contributed by atoms with Crippen molar-refractivity contribution in [2.75, 3.05) is 24.1 Å². The minimum atomic E-state index is -0.485. The van der Waals surface area contributed by atoms with Crippen LogP contribution < -0.4 is 16.4 Å². The van der Waals surface area contributed by atoms with E-state index in [-0.39, 0.29) is 17.2 Å². The molecule has 1 aliphatic heterocycles. The number of nitrogens with two attached hydrogens (primary N) is 1. The summed E-state index contributed by atoms with van der Waals surface area (Å²) in [6.45, 7) is 3.64. The van der Waals surface area contributed by atoms with Crippen LogP contribution in [-0.4, -0.2) is 24.1 Å². The molecule has 2 aromatic carbocycles. The summed E-state index contributed by atoms with van der Waals surface area (Å²) in [5.74, 6) is -0.601. The molecule has 0 bridgehead atoms. The minimum Gasteiger partial charge on any atom is -0.384 e. The van der Waals surface area contributed by atoms with Crippen LogP contribution in [0.5, 0.6) is 0 Å². The number of hydrogen-bond acceptors (Lipinski definition) is 4. The van der Waals surface area contributed by atoms with Crippen molar-refractivity contribution in [3.8, 4) is 11.1 Å². The van der Waals surface area contributed by atoms with Crippen LogP contribution >= 0.6 is 0 Å². The maximum atomic E-state index is 15.3. The van der Waals surface area contributed by atoms with E-state index in [1.54, 1.807) is 31.2 Å². The lowest BCUT2D eigenvalue weighted by molar-refractivity contribution is 0.479. The molecule has 0 aliphatic carbocycles. The van der Waals surface area contributed by atoms with E-state index in [4.69, 9.17) is 5.73 Å². The van der Waals surface area contributed by atoms with E-state index < -0.39 is 11.6 Å². The average Bonchev–Trinajstić information content (AvgIpc) is 2.66. The molecular weight excluding hydrogens is 346 g/mol. The molecule has 3 aromatic rings. The van der Waals surface area contributed by atoms with Crippen LogP contribution in [0.15, 0.2) is 36.5 Å². The monoisotopic (exact) mass is 368 g/mol. The molecule has 0 amide bonds. The van der Waals surface area contributed by atoms with E-state index in [9.17, 15) is 4.39 Å². The Kier molecular flexibility index (Phi) is 4.66. The number of halogens is 2. The van der Waals surface area contributed by atoms with Crippen LogP contribution in [0, 0.1) is 18.6 Å². The summed E-state index contributed by atoms with van der Waals surface area (Å²) in [7, 11) is 0. The third-order valence-electron chi connectivity index (χ3n) is 5.17. The number of nitrogen functional groups attached to an aromatic ring is 1. The van der Waals surface area contributed by atoms with E-state index in [2.05, 4.69) is 15.6 Å². The number of rotatable bonds is 3. The first kappa shape index (κ1) is 17.7. The van der Waals surface area contributed by atoms with Gasteiger partial charge in [-0.05, 0) is 56.6 Å². The molecule has 1 aliphatic rings. The van der Waals surface area contributed by atoms with Crippen molar-refractivity contribution in [2.45, 2.75) is 25.8 Å². The molecule has 2 heterocycles. The van der Waals surface area contributed by atoms with Gasteiger partial charge in [-0.15, -0.1) is 0 Å². The van der Waals surface area contributed by atoms with Crippen LogP contribution in [0.3, 0.4) is 0 Å². The van der Waals surface area contributed by atoms with Crippen LogP contribution in [0.25, 0.3) is 21.9 Å². The molecular formula is C21H22F2N4. The van der Waals surface area contributed by atoms with Gasteiger partial charge in [0.15, 0.2) is 0 Å². The van der Waals surface area contributed by atoms with Crippen molar-refractivity contribution in [1.29, 1.82) is 0 Å². The fourth-order valence-electron chi connectivity index (χ4n) is 3.76.